The van der Waals surface area contributed by atoms with E-state index in [2.05, 4.69) is 34.6 Å². The summed E-state index contributed by atoms with van der Waals surface area (Å²) < 4.78 is 71.2. The summed E-state index contributed by atoms with van der Waals surface area (Å²) >= 11 is 0. The van der Waals surface area contributed by atoms with E-state index in [1.54, 1.807) is 0 Å². The highest BCUT2D eigenvalue weighted by atomic mass is 32.2. The van der Waals surface area contributed by atoms with Crippen LogP contribution in [0.15, 0.2) is 25.3 Å². The van der Waals surface area contributed by atoms with Crippen LogP contribution < -0.4 is 16.2 Å². The smallest absolute Gasteiger partial charge is 0.386 e. The normalized spacial score (nSPS) is 36.1. The number of aliphatic hydroxyl groups is 2. The van der Waals surface area contributed by atoms with Gasteiger partial charge in [0.05, 0.1) is 19.3 Å². The van der Waals surface area contributed by atoms with Crippen LogP contribution in [-0.2, 0) is 37.6 Å². The van der Waals surface area contributed by atoms with Crippen LogP contribution in [0.25, 0.3) is 22.3 Å². The number of nitrogens with one attached hydrogen (secondary N) is 1. The van der Waals surface area contributed by atoms with Crippen molar-refractivity contribution in [3.63, 3.8) is 0 Å². The lowest BCUT2D eigenvalue weighted by molar-refractivity contribution is -0.0549. The number of fused-ring (bicyclic) bond motifs is 4. The summed E-state index contributed by atoms with van der Waals surface area (Å²) in [5.41, 5.74) is 12.4. The number of imidazole rings is 2. The summed E-state index contributed by atoms with van der Waals surface area (Å²) in [6, 6.07) is 0. The number of hydrogen-bond acceptors (Lipinski definition) is 18. The Labute approximate surface area is 245 Å². The molecule has 8 N–H and O–H groups in total. The van der Waals surface area contributed by atoms with Gasteiger partial charge in [-0.15, -0.1) is 0 Å². The Bertz CT molecular complexity index is 1890. The third-order valence-electron chi connectivity index (χ3n) is 7.30. The van der Waals surface area contributed by atoms with E-state index < -0.39 is 80.4 Å². The molecule has 3 aliphatic heterocycles. The number of aliphatic hydroxyl groups excluding tert-OH is 2. The first-order chi connectivity index (χ1) is 20.9. The van der Waals surface area contributed by atoms with Gasteiger partial charge >= 0.3 is 18.1 Å². The molecule has 0 aliphatic carbocycles. The van der Waals surface area contributed by atoms with Gasteiger partial charge in [-0.25, -0.2) is 38.7 Å². The van der Waals surface area contributed by atoms with Crippen molar-refractivity contribution in [2.24, 2.45) is 0 Å². The predicted octanol–water partition coefficient (Wildman–Crippen LogP) is -2.92. The van der Waals surface area contributed by atoms with Crippen molar-refractivity contribution in [1.82, 2.24) is 43.8 Å². The highest BCUT2D eigenvalue weighted by molar-refractivity contribution is 7.84. The van der Waals surface area contributed by atoms with Gasteiger partial charge in [0.25, 0.3) is 0 Å². The second kappa shape index (κ2) is 10.6. The molecule has 9 atom stereocenters. The van der Waals surface area contributed by atoms with Gasteiger partial charge in [0.2, 0.25) is 0 Å². The van der Waals surface area contributed by atoms with E-state index in [4.69, 9.17) is 34.2 Å². The minimum atomic E-state index is -4.99. The quantitative estimate of drug-likeness (QED) is 0.118. The number of nitrogens with two attached hydrogens (primary N) is 2. The van der Waals surface area contributed by atoms with Gasteiger partial charge in [0.15, 0.2) is 35.4 Å². The average molecular weight is 658 g/mol. The molecule has 3 fully saturated rings. The summed E-state index contributed by atoms with van der Waals surface area (Å²) in [5.74, 6) is 0.103. The van der Waals surface area contributed by atoms with Crippen LogP contribution in [0.3, 0.4) is 0 Å². The largest absolute Gasteiger partial charge is 0.472 e. The molecule has 0 saturated carbocycles. The molecule has 4 aromatic heterocycles. The van der Waals surface area contributed by atoms with Crippen molar-refractivity contribution in [1.29, 1.82) is 0 Å². The van der Waals surface area contributed by atoms with Crippen molar-refractivity contribution < 1.29 is 50.8 Å². The molecule has 0 radical (unpaired) electrons. The topological polar surface area (TPSA) is 309 Å². The summed E-state index contributed by atoms with van der Waals surface area (Å²) in [6.45, 7) is -1.39. The zero-order valence-electron chi connectivity index (χ0n) is 22.0. The molecule has 0 spiro atoms. The fourth-order valence-corrected chi connectivity index (χ4v) is 7.21. The molecule has 3 saturated heterocycles. The van der Waals surface area contributed by atoms with Crippen molar-refractivity contribution in [2.75, 3.05) is 24.6 Å². The Morgan fingerprint density at radius 3 is 2.00 bits per heavy atom. The maximum atomic E-state index is 13.1. The van der Waals surface area contributed by atoms with E-state index >= 15 is 0 Å². The maximum Gasteiger partial charge on any atom is 0.472 e. The molecule has 44 heavy (non-hydrogen) atoms. The molecular formula is C20H24N11O11PS. The van der Waals surface area contributed by atoms with Crippen molar-refractivity contribution in [3.8, 4) is 0 Å². The lowest BCUT2D eigenvalue weighted by Crippen LogP contribution is -2.46. The highest BCUT2D eigenvalue weighted by Crippen LogP contribution is 2.50. The number of aromatic nitrogens is 8. The van der Waals surface area contributed by atoms with Gasteiger partial charge in [-0.05, 0) is 0 Å². The molecule has 22 nitrogen and oxygen atoms in total. The lowest BCUT2D eigenvalue weighted by Gasteiger charge is -2.26. The first-order valence-corrected chi connectivity index (χ1v) is 15.7. The third-order valence-corrected chi connectivity index (χ3v) is 9.28. The zero-order chi connectivity index (χ0) is 31.0. The van der Waals surface area contributed by atoms with Crippen LogP contribution in [0, 0.1) is 0 Å². The fourth-order valence-electron chi connectivity index (χ4n) is 5.28. The van der Waals surface area contributed by atoms with Crippen molar-refractivity contribution >= 4 is 52.1 Å². The van der Waals surface area contributed by atoms with Crippen LogP contribution in [0.5, 0.6) is 0 Å². The van der Waals surface area contributed by atoms with Crippen LogP contribution in [0.2, 0.25) is 0 Å². The maximum absolute atomic E-state index is 13.1. The number of hydrogen-bond donors (Lipinski definition) is 6. The highest BCUT2D eigenvalue weighted by Gasteiger charge is 2.53. The monoisotopic (exact) mass is 657 g/mol. The molecular weight excluding hydrogens is 633 g/mol. The Morgan fingerprint density at radius 1 is 0.864 bits per heavy atom. The van der Waals surface area contributed by atoms with E-state index in [0.717, 1.165) is 12.7 Å². The number of nitrogens with zero attached hydrogens (tertiary/aromatic N) is 8. The molecule has 7 heterocycles. The number of nitrogen functional groups attached to an aromatic ring is 2. The van der Waals surface area contributed by atoms with Gasteiger partial charge in [-0.2, -0.15) is 13.1 Å². The van der Waals surface area contributed by atoms with Gasteiger partial charge in [0.1, 0.15) is 60.3 Å². The lowest BCUT2D eigenvalue weighted by atomic mass is 10.1. The molecule has 236 valence electrons. The number of phosphoric acid groups is 1. The molecule has 1 unspecified atom stereocenters. The third kappa shape index (κ3) is 4.96. The molecule has 4 aromatic rings. The van der Waals surface area contributed by atoms with Crippen LogP contribution >= 0.6 is 7.82 Å². The molecule has 24 heteroatoms. The van der Waals surface area contributed by atoms with Crippen molar-refractivity contribution in [2.45, 2.75) is 49.1 Å². The van der Waals surface area contributed by atoms with E-state index in [-0.39, 0.29) is 34.0 Å². The first-order valence-electron chi connectivity index (χ1n) is 12.8. The summed E-state index contributed by atoms with van der Waals surface area (Å²) in [6.07, 6.45) is -7.20. The Hall–Kier alpha value is -3.48. The van der Waals surface area contributed by atoms with E-state index in [0.29, 0.717) is 0 Å². The van der Waals surface area contributed by atoms with E-state index in [1.807, 2.05) is 0 Å². The van der Waals surface area contributed by atoms with Gasteiger partial charge in [-0.1, -0.05) is 0 Å². The predicted molar refractivity (Wildman–Crippen MR) is 142 cm³/mol. The molecule has 7 rings (SSSR count). The SMILES string of the molecule is Nc1ncnc2c1ncn2[C@@H]1O[C@@H]2CNS(=O)(=O)O[C@H]3[C@@H](O)[C@H](n4cnc5c(N)ncnc54)O[C@@H]3COP(=O)(O)O[C@H]2[C@H]1O. The molecule has 3 aliphatic rings. The average Bonchev–Trinajstić information content (AvgIpc) is 3.73. The Morgan fingerprint density at radius 2 is 1.41 bits per heavy atom. The first kappa shape index (κ1) is 29.2. The number of ether oxygens (including phenoxy) is 2. The second-order valence-electron chi connectivity index (χ2n) is 9.98. The van der Waals surface area contributed by atoms with Crippen molar-refractivity contribution in [3.05, 3.63) is 25.3 Å². The molecule has 0 amide bonds. The molecule has 0 aromatic carbocycles. The van der Waals surface area contributed by atoms with Gasteiger partial charge in [0, 0.05) is 6.54 Å². The van der Waals surface area contributed by atoms with Crippen LogP contribution in [0.1, 0.15) is 12.5 Å². The molecule has 0 bridgehead atoms. The number of rotatable bonds is 2. The summed E-state index contributed by atoms with van der Waals surface area (Å²) in [5, 5.41) is 22.2. The van der Waals surface area contributed by atoms with Gasteiger partial charge < -0.3 is 36.0 Å². The minimum Gasteiger partial charge on any atom is -0.386 e. The van der Waals surface area contributed by atoms with Crippen LogP contribution in [0.4, 0.5) is 11.6 Å². The van der Waals surface area contributed by atoms with Gasteiger partial charge in [-0.3, -0.25) is 18.2 Å². The zero-order valence-corrected chi connectivity index (χ0v) is 23.7. The summed E-state index contributed by atoms with van der Waals surface area (Å²) in [4.78, 5) is 34.7. The Balaban J connectivity index is 1.17. The number of phosphoric ester groups is 1. The Kier molecular flexibility index (Phi) is 7.02. The fraction of sp³-hybridized carbons (Fsp3) is 0.500. The van der Waals surface area contributed by atoms with E-state index in [1.165, 1.54) is 21.8 Å². The minimum absolute atomic E-state index is 0.0493. The standard InChI is InChI=1S/C20H24N11O11PS/c21-15-9-17(25-3-23-15)30(5-27-9)19-11(32)13-7(39-19)1-29-44(36,37)42-14-8(2-38-43(34,35)41-13)40-20(12(14)33)31-6-28-10-16(22)24-4-26-18(10)31/h3-8,11-14,19-20,29,32-33H,1-2H2,(H,34,35)(H2,21,23,25)(H2,22,24,26)/t7-,8-,11-,12-,13-,14-,19-,20-/m1/s1. The second-order valence-corrected chi connectivity index (χ2v) is 12.8. The summed E-state index contributed by atoms with van der Waals surface area (Å²) in [7, 11) is -9.65. The van der Waals surface area contributed by atoms with E-state index in [9.17, 15) is 28.1 Å². The van der Waals surface area contributed by atoms with Crippen LogP contribution in [-0.4, -0.2) is 112 Å². The number of anilines is 2.